The number of rotatable bonds is 3. The lowest BCUT2D eigenvalue weighted by Gasteiger charge is -2.10. The molecule has 1 aliphatic rings. The molecule has 1 fully saturated rings. The Kier molecular flexibility index (Phi) is 3.17. The number of anilines is 1. The number of methoxy groups -OCH3 is 1. The molecule has 0 spiro atoms. The Balaban J connectivity index is 2.01. The lowest BCUT2D eigenvalue weighted by molar-refractivity contribution is 0.251. The first-order valence-corrected chi connectivity index (χ1v) is 5.69. The second-order valence-corrected chi connectivity index (χ2v) is 4.42. The molecule has 5 nitrogen and oxygen atoms in total. The number of nitrogens with one attached hydrogen (secondary N) is 2. The van der Waals surface area contributed by atoms with Crippen LogP contribution in [0.1, 0.15) is 19.0 Å². The Bertz CT molecular complexity index is 434. The molecule has 17 heavy (non-hydrogen) atoms. The van der Waals surface area contributed by atoms with E-state index in [0.717, 1.165) is 12.1 Å². The summed E-state index contributed by atoms with van der Waals surface area (Å²) >= 11 is 0. The highest BCUT2D eigenvalue weighted by molar-refractivity contribution is 5.90. The van der Waals surface area contributed by atoms with Gasteiger partial charge in [0.05, 0.1) is 7.11 Å². The minimum absolute atomic E-state index is 0.226. The Morgan fingerprint density at radius 2 is 2.24 bits per heavy atom. The van der Waals surface area contributed by atoms with Crippen LogP contribution in [0.5, 0.6) is 5.75 Å². The van der Waals surface area contributed by atoms with Crippen molar-refractivity contribution in [3.63, 3.8) is 0 Å². The van der Waals surface area contributed by atoms with Crippen molar-refractivity contribution >= 4 is 11.8 Å². The van der Waals surface area contributed by atoms with Crippen molar-refractivity contribution < 1.29 is 9.53 Å². The largest absolute Gasteiger partial charge is 0.493 e. The summed E-state index contributed by atoms with van der Waals surface area (Å²) in [6.07, 6.45) is 1.05. The molecule has 1 aromatic heterocycles. The molecule has 0 aromatic carbocycles. The van der Waals surface area contributed by atoms with E-state index in [1.54, 1.807) is 13.2 Å². The summed E-state index contributed by atoms with van der Waals surface area (Å²) in [5, 5.41) is 5.59. The predicted molar refractivity (Wildman–Crippen MR) is 65.2 cm³/mol. The smallest absolute Gasteiger partial charge is 0.320 e. The van der Waals surface area contributed by atoms with Crippen LogP contribution in [0.2, 0.25) is 0 Å². The van der Waals surface area contributed by atoms with Gasteiger partial charge in [-0.25, -0.2) is 9.78 Å². The monoisotopic (exact) mass is 235 g/mol. The van der Waals surface area contributed by atoms with E-state index in [1.165, 1.54) is 0 Å². The zero-order valence-corrected chi connectivity index (χ0v) is 10.3. The minimum Gasteiger partial charge on any atom is -0.493 e. The van der Waals surface area contributed by atoms with Crippen LogP contribution in [0.25, 0.3) is 0 Å². The molecule has 1 aromatic rings. The van der Waals surface area contributed by atoms with E-state index in [9.17, 15) is 4.79 Å². The van der Waals surface area contributed by atoms with E-state index in [-0.39, 0.29) is 6.03 Å². The summed E-state index contributed by atoms with van der Waals surface area (Å²) in [4.78, 5) is 15.9. The number of nitrogens with zero attached hydrogens (tertiary/aromatic N) is 1. The first-order chi connectivity index (χ1) is 8.10. The maximum Gasteiger partial charge on any atom is 0.320 e. The molecule has 1 aliphatic carbocycles. The highest BCUT2D eigenvalue weighted by atomic mass is 16.5. The van der Waals surface area contributed by atoms with Crippen molar-refractivity contribution in [3.8, 4) is 5.75 Å². The molecule has 0 radical (unpaired) electrons. The maximum absolute atomic E-state index is 11.7. The highest BCUT2D eigenvalue weighted by Crippen LogP contribution is 2.29. The minimum atomic E-state index is -0.226. The second-order valence-electron chi connectivity index (χ2n) is 4.42. The predicted octanol–water partition coefficient (Wildman–Crippen LogP) is 1.93. The van der Waals surface area contributed by atoms with Gasteiger partial charge in [-0.1, -0.05) is 6.92 Å². The number of pyridine rings is 1. The third kappa shape index (κ3) is 2.87. The molecule has 2 N–H and O–H groups in total. The van der Waals surface area contributed by atoms with Crippen molar-refractivity contribution in [3.05, 3.63) is 17.8 Å². The van der Waals surface area contributed by atoms with Crippen molar-refractivity contribution in [1.82, 2.24) is 10.3 Å². The Morgan fingerprint density at radius 1 is 1.53 bits per heavy atom. The third-order valence-corrected chi connectivity index (χ3v) is 2.88. The van der Waals surface area contributed by atoms with Gasteiger partial charge >= 0.3 is 6.03 Å². The van der Waals surface area contributed by atoms with Crippen molar-refractivity contribution in [2.75, 3.05) is 12.4 Å². The molecular weight excluding hydrogens is 218 g/mol. The van der Waals surface area contributed by atoms with Crippen molar-refractivity contribution in [2.45, 2.75) is 26.3 Å². The van der Waals surface area contributed by atoms with Gasteiger partial charge in [0.1, 0.15) is 0 Å². The first-order valence-electron chi connectivity index (χ1n) is 5.69. The number of hydrogen-bond donors (Lipinski definition) is 2. The standard InChI is InChI=1S/C12H17N3O2/c1-7-6-9(7)14-12(16)15-11-10(17-3)5-4-8(2)13-11/h4-5,7,9H,6H2,1-3H3,(H2,13,14,15,16)/t7-,9-/m0/s1. The zero-order valence-electron chi connectivity index (χ0n) is 10.3. The molecule has 2 rings (SSSR count). The van der Waals surface area contributed by atoms with Gasteiger partial charge in [0.2, 0.25) is 0 Å². The maximum atomic E-state index is 11.7. The molecule has 92 valence electrons. The van der Waals surface area contributed by atoms with Crippen LogP contribution in [0, 0.1) is 12.8 Å². The van der Waals surface area contributed by atoms with Gasteiger partial charge in [-0.15, -0.1) is 0 Å². The summed E-state index contributed by atoms with van der Waals surface area (Å²) < 4.78 is 5.14. The van der Waals surface area contributed by atoms with E-state index < -0.39 is 0 Å². The third-order valence-electron chi connectivity index (χ3n) is 2.88. The van der Waals surface area contributed by atoms with Gasteiger partial charge in [0, 0.05) is 11.7 Å². The SMILES string of the molecule is COc1ccc(C)nc1NC(=O)N[C@H]1C[C@@H]1C. The molecule has 0 unspecified atom stereocenters. The summed E-state index contributed by atoms with van der Waals surface area (Å²) in [6, 6.07) is 3.70. The molecule has 0 aliphatic heterocycles. The summed E-state index contributed by atoms with van der Waals surface area (Å²) in [5.41, 5.74) is 0.834. The molecule has 2 atom stereocenters. The number of carbonyl (C=O) groups excluding carboxylic acids is 1. The average molecular weight is 235 g/mol. The lowest BCUT2D eigenvalue weighted by atomic mass is 10.3. The van der Waals surface area contributed by atoms with Crippen LogP contribution in [0.4, 0.5) is 10.6 Å². The fourth-order valence-corrected chi connectivity index (χ4v) is 1.63. The number of amides is 2. The molecule has 2 amide bonds. The molecule has 5 heteroatoms. The molecule has 0 saturated heterocycles. The van der Waals surface area contributed by atoms with E-state index in [4.69, 9.17) is 4.74 Å². The van der Waals surface area contributed by atoms with Crippen LogP contribution in [0.3, 0.4) is 0 Å². The molecule has 1 heterocycles. The molecular formula is C12H17N3O2. The fraction of sp³-hybridized carbons (Fsp3) is 0.500. The van der Waals surface area contributed by atoms with E-state index in [2.05, 4.69) is 22.5 Å². The topological polar surface area (TPSA) is 63.2 Å². The highest BCUT2D eigenvalue weighted by Gasteiger charge is 2.33. The van der Waals surface area contributed by atoms with Crippen LogP contribution >= 0.6 is 0 Å². The number of hydrogen-bond acceptors (Lipinski definition) is 3. The Labute approximate surface area is 101 Å². The van der Waals surface area contributed by atoms with Crippen LogP contribution in [0.15, 0.2) is 12.1 Å². The van der Waals surface area contributed by atoms with E-state index in [0.29, 0.717) is 23.5 Å². The fourth-order valence-electron chi connectivity index (χ4n) is 1.63. The van der Waals surface area contributed by atoms with E-state index >= 15 is 0 Å². The Morgan fingerprint density at radius 3 is 2.82 bits per heavy atom. The van der Waals surface area contributed by atoms with Crippen molar-refractivity contribution in [2.24, 2.45) is 5.92 Å². The van der Waals surface area contributed by atoms with E-state index in [1.807, 2.05) is 13.0 Å². The van der Waals surface area contributed by atoms with Gasteiger partial charge in [0.25, 0.3) is 0 Å². The average Bonchev–Trinajstić information content (AvgIpc) is 2.94. The van der Waals surface area contributed by atoms with Gasteiger partial charge in [-0.3, -0.25) is 5.32 Å². The Hall–Kier alpha value is -1.78. The number of aryl methyl sites for hydroxylation is 1. The summed E-state index contributed by atoms with van der Waals surface area (Å²) in [5.74, 6) is 1.60. The van der Waals surface area contributed by atoms with Crippen molar-refractivity contribution in [1.29, 1.82) is 0 Å². The number of carbonyl (C=O) groups is 1. The number of aromatic nitrogens is 1. The van der Waals surface area contributed by atoms with Gasteiger partial charge in [-0.2, -0.15) is 0 Å². The number of urea groups is 1. The molecule has 1 saturated carbocycles. The van der Waals surface area contributed by atoms with Gasteiger partial charge in [-0.05, 0) is 31.4 Å². The van der Waals surface area contributed by atoms with Gasteiger partial charge in [0.15, 0.2) is 11.6 Å². The normalized spacial score (nSPS) is 21.8. The first kappa shape index (κ1) is 11.7. The summed E-state index contributed by atoms with van der Waals surface area (Å²) in [7, 11) is 1.55. The van der Waals surface area contributed by atoms with Gasteiger partial charge < -0.3 is 10.1 Å². The van der Waals surface area contributed by atoms with Crippen LogP contribution in [-0.4, -0.2) is 24.2 Å². The zero-order chi connectivity index (χ0) is 12.4. The molecule has 0 bridgehead atoms. The summed E-state index contributed by atoms with van der Waals surface area (Å²) in [6.45, 7) is 3.97. The lowest BCUT2D eigenvalue weighted by Crippen LogP contribution is -2.31. The number of ether oxygens (including phenoxy) is 1. The quantitative estimate of drug-likeness (QED) is 0.841. The van der Waals surface area contributed by atoms with Crippen LogP contribution < -0.4 is 15.4 Å². The second kappa shape index (κ2) is 4.61. The van der Waals surface area contributed by atoms with Crippen LogP contribution in [-0.2, 0) is 0 Å².